The summed E-state index contributed by atoms with van der Waals surface area (Å²) < 4.78 is 8.15. The molecule has 0 unspecified atom stereocenters. The first-order valence-electron chi connectivity index (χ1n) is 7.91. The molecular formula is C17H19BrN4O2. The van der Waals surface area contributed by atoms with Crippen LogP contribution in [-0.4, -0.2) is 27.3 Å². The lowest BCUT2D eigenvalue weighted by Crippen LogP contribution is -2.29. The summed E-state index contributed by atoms with van der Waals surface area (Å²) in [6, 6.07) is 7.48. The molecule has 1 aliphatic rings. The number of halogens is 1. The number of hydrogen-bond acceptors (Lipinski definition) is 5. The molecule has 7 heteroatoms. The third-order valence-corrected chi connectivity index (χ3v) is 4.46. The summed E-state index contributed by atoms with van der Waals surface area (Å²) in [6.45, 7) is 4.34. The molecule has 0 amide bonds. The second-order valence-electron chi connectivity index (χ2n) is 5.64. The second kappa shape index (κ2) is 7.17. The van der Waals surface area contributed by atoms with Gasteiger partial charge in [0, 0.05) is 10.2 Å². The van der Waals surface area contributed by atoms with Crippen LogP contribution < -0.4 is 5.32 Å². The number of nitrogens with zero attached hydrogens (tertiary/aromatic N) is 3. The number of carbonyl (C=O) groups is 1. The number of hydrogen-bond donors (Lipinski definition) is 1. The van der Waals surface area contributed by atoms with E-state index in [0.29, 0.717) is 18.1 Å². The van der Waals surface area contributed by atoms with Crippen molar-refractivity contribution in [1.29, 1.82) is 0 Å². The van der Waals surface area contributed by atoms with E-state index in [0.717, 1.165) is 28.6 Å². The molecule has 3 rings (SSSR count). The molecule has 0 radical (unpaired) electrons. The Morgan fingerprint density at radius 2 is 2.12 bits per heavy atom. The number of benzene rings is 1. The summed E-state index contributed by atoms with van der Waals surface area (Å²) in [6.07, 6.45) is 3.31. The predicted molar refractivity (Wildman–Crippen MR) is 94.5 cm³/mol. The van der Waals surface area contributed by atoms with Gasteiger partial charge < -0.3 is 10.1 Å². The predicted octanol–water partition coefficient (Wildman–Crippen LogP) is 3.67. The molecule has 2 heterocycles. The van der Waals surface area contributed by atoms with Crippen molar-refractivity contribution in [2.24, 2.45) is 0 Å². The maximum atomic E-state index is 12.7. The zero-order valence-corrected chi connectivity index (χ0v) is 15.2. The summed E-state index contributed by atoms with van der Waals surface area (Å²) >= 11 is 3.44. The molecule has 1 aromatic heterocycles. The highest BCUT2D eigenvalue weighted by Crippen LogP contribution is 2.35. The Hall–Kier alpha value is -2.15. The fourth-order valence-electron chi connectivity index (χ4n) is 2.70. The number of anilines is 1. The minimum atomic E-state index is -0.356. The van der Waals surface area contributed by atoms with E-state index in [2.05, 4.69) is 38.3 Å². The first kappa shape index (κ1) is 16.7. The molecule has 24 heavy (non-hydrogen) atoms. The number of aromatic nitrogens is 3. The Kier molecular flexibility index (Phi) is 4.99. The van der Waals surface area contributed by atoms with Crippen molar-refractivity contribution in [2.45, 2.75) is 32.7 Å². The lowest BCUT2D eigenvalue weighted by atomic mass is 9.96. The molecule has 1 atom stereocenters. The Morgan fingerprint density at radius 3 is 2.83 bits per heavy atom. The van der Waals surface area contributed by atoms with Crippen LogP contribution in [0, 0.1) is 0 Å². The average molecular weight is 391 g/mol. The normalized spacial score (nSPS) is 16.5. The zero-order valence-electron chi connectivity index (χ0n) is 13.6. The van der Waals surface area contributed by atoms with Crippen LogP contribution in [0.15, 0.2) is 46.3 Å². The number of ether oxygens (including phenoxy) is 1. The minimum absolute atomic E-state index is 0.317. The molecule has 6 nitrogen and oxygen atoms in total. The SMILES string of the molecule is CCCCOC(=O)C1=C(C)Nc2ncnn2[C@@H]1c1ccc(Br)cc1. The summed E-state index contributed by atoms with van der Waals surface area (Å²) in [5.41, 5.74) is 2.25. The van der Waals surface area contributed by atoms with Crippen LogP contribution in [0.25, 0.3) is 0 Å². The van der Waals surface area contributed by atoms with Gasteiger partial charge in [0.15, 0.2) is 0 Å². The Balaban J connectivity index is 2.00. The molecule has 126 valence electrons. The maximum absolute atomic E-state index is 12.7. The van der Waals surface area contributed by atoms with Crippen molar-refractivity contribution < 1.29 is 9.53 Å². The van der Waals surface area contributed by atoms with Crippen LogP contribution in [0.2, 0.25) is 0 Å². The van der Waals surface area contributed by atoms with Crippen LogP contribution in [0.1, 0.15) is 38.3 Å². The molecule has 1 N–H and O–H groups in total. The zero-order chi connectivity index (χ0) is 17.1. The molecule has 0 bridgehead atoms. The number of fused-ring (bicyclic) bond motifs is 1. The van der Waals surface area contributed by atoms with Crippen molar-refractivity contribution in [3.05, 3.63) is 51.9 Å². The van der Waals surface area contributed by atoms with Crippen LogP contribution >= 0.6 is 15.9 Å². The summed E-state index contributed by atoms with van der Waals surface area (Å²) in [7, 11) is 0. The van der Waals surface area contributed by atoms with Gasteiger partial charge >= 0.3 is 5.97 Å². The van der Waals surface area contributed by atoms with Crippen molar-refractivity contribution in [3.8, 4) is 0 Å². The summed E-state index contributed by atoms with van der Waals surface area (Å²) in [4.78, 5) is 16.9. The van der Waals surface area contributed by atoms with E-state index in [1.165, 1.54) is 6.33 Å². The molecule has 0 fully saturated rings. The minimum Gasteiger partial charge on any atom is -0.462 e. The number of carbonyl (C=O) groups excluding carboxylic acids is 1. The van der Waals surface area contributed by atoms with Gasteiger partial charge in [0.05, 0.1) is 12.2 Å². The highest BCUT2D eigenvalue weighted by Gasteiger charge is 2.34. The molecular weight excluding hydrogens is 372 g/mol. The van der Waals surface area contributed by atoms with E-state index in [-0.39, 0.29) is 12.0 Å². The highest BCUT2D eigenvalue weighted by molar-refractivity contribution is 9.10. The van der Waals surface area contributed by atoms with Crippen LogP contribution in [0.5, 0.6) is 0 Å². The van der Waals surface area contributed by atoms with Gasteiger partial charge in [-0.2, -0.15) is 10.1 Å². The van der Waals surface area contributed by atoms with Gasteiger partial charge in [0.1, 0.15) is 12.4 Å². The van der Waals surface area contributed by atoms with E-state index in [9.17, 15) is 4.79 Å². The second-order valence-corrected chi connectivity index (χ2v) is 6.55. The van der Waals surface area contributed by atoms with Gasteiger partial charge in [-0.25, -0.2) is 9.48 Å². The van der Waals surface area contributed by atoms with Crippen molar-refractivity contribution >= 4 is 27.8 Å². The standard InChI is InChI=1S/C17H19BrN4O2/c1-3-4-9-24-16(23)14-11(2)21-17-19-10-20-22(17)15(14)12-5-7-13(18)8-6-12/h5-8,10,15H,3-4,9H2,1-2H3,(H,19,20,21)/t15-/m1/s1. The number of rotatable bonds is 5. The fraction of sp³-hybridized carbons (Fsp3) is 0.353. The van der Waals surface area contributed by atoms with E-state index in [1.54, 1.807) is 4.68 Å². The Labute approximate surface area is 149 Å². The van der Waals surface area contributed by atoms with Gasteiger partial charge in [0.25, 0.3) is 0 Å². The van der Waals surface area contributed by atoms with Crippen molar-refractivity contribution in [3.63, 3.8) is 0 Å². The number of allylic oxidation sites excluding steroid dienone is 1. The topological polar surface area (TPSA) is 69.0 Å². The molecule has 2 aromatic rings. The maximum Gasteiger partial charge on any atom is 0.338 e. The smallest absolute Gasteiger partial charge is 0.338 e. The van der Waals surface area contributed by atoms with Gasteiger partial charge in [-0.3, -0.25) is 0 Å². The van der Waals surface area contributed by atoms with E-state index in [4.69, 9.17) is 4.74 Å². The molecule has 0 saturated heterocycles. The Bertz CT molecular complexity index is 767. The van der Waals surface area contributed by atoms with Crippen molar-refractivity contribution in [2.75, 3.05) is 11.9 Å². The monoisotopic (exact) mass is 390 g/mol. The number of unbranched alkanes of at least 4 members (excludes halogenated alkanes) is 1. The number of nitrogens with one attached hydrogen (secondary N) is 1. The van der Waals surface area contributed by atoms with Crippen LogP contribution in [0.3, 0.4) is 0 Å². The van der Waals surface area contributed by atoms with Crippen molar-refractivity contribution in [1.82, 2.24) is 14.8 Å². The largest absolute Gasteiger partial charge is 0.462 e. The average Bonchev–Trinajstić information content (AvgIpc) is 3.02. The highest BCUT2D eigenvalue weighted by atomic mass is 79.9. The molecule has 0 saturated carbocycles. The van der Waals surface area contributed by atoms with E-state index >= 15 is 0 Å². The van der Waals surface area contributed by atoms with E-state index in [1.807, 2.05) is 31.2 Å². The lowest BCUT2D eigenvalue weighted by molar-refractivity contribution is -0.139. The quantitative estimate of drug-likeness (QED) is 0.622. The fourth-order valence-corrected chi connectivity index (χ4v) is 2.96. The van der Waals surface area contributed by atoms with Gasteiger partial charge in [-0.05, 0) is 31.0 Å². The van der Waals surface area contributed by atoms with Crippen LogP contribution in [-0.2, 0) is 9.53 Å². The summed E-state index contributed by atoms with van der Waals surface area (Å²) in [5.74, 6) is 0.299. The first-order chi connectivity index (χ1) is 11.6. The third-order valence-electron chi connectivity index (χ3n) is 3.93. The number of esters is 1. The molecule has 1 aromatic carbocycles. The first-order valence-corrected chi connectivity index (χ1v) is 8.71. The third kappa shape index (κ3) is 3.21. The van der Waals surface area contributed by atoms with E-state index < -0.39 is 0 Å². The molecule has 0 aliphatic carbocycles. The summed E-state index contributed by atoms with van der Waals surface area (Å²) in [5, 5.41) is 7.42. The lowest BCUT2D eigenvalue weighted by Gasteiger charge is -2.28. The Morgan fingerprint density at radius 1 is 1.38 bits per heavy atom. The molecule has 1 aliphatic heterocycles. The van der Waals surface area contributed by atoms with Crippen LogP contribution in [0.4, 0.5) is 5.95 Å². The van der Waals surface area contributed by atoms with Gasteiger partial charge in [-0.15, -0.1) is 0 Å². The molecule has 0 spiro atoms. The van der Waals surface area contributed by atoms with Gasteiger partial charge in [-0.1, -0.05) is 41.4 Å². The van der Waals surface area contributed by atoms with Gasteiger partial charge in [0.2, 0.25) is 5.95 Å².